The molecule has 16 heavy (non-hydrogen) atoms. The molecule has 0 fully saturated rings. The maximum atomic E-state index is 4.04. The molecule has 0 saturated carbocycles. The van der Waals surface area contributed by atoms with Gasteiger partial charge < -0.3 is 5.32 Å². The predicted octanol–water partition coefficient (Wildman–Crippen LogP) is 3.18. The van der Waals surface area contributed by atoms with Crippen LogP contribution in [0.5, 0.6) is 0 Å². The zero-order valence-corrected chi connectivity index (χ0v) is 11.0. The number of pyridine rings is 1. The third-order valence-electron chi connectivity index (χ3n) is 3.45. The van der Waals surface area contributed by atoms with Crippen LogP contribution in [0, 0.1) is 0 Å². The van der Waals surface area contributed by atoms with Crippen LogP contribution in [0.1, 0.15) is 46.1 Å². The molecule has 0 saturated heterocycles. The first-order valence-electron chi connectivity index (χ1n) is 6.26. The van der Waals surface area contributed by atoms with Gasteiger partial charge in [0.2, 0.25) is 0 Å². The minimum absolute atomic E-state index is 0.270. The molecule has 0 aliphatic carbocycles. The van der Waals surface area contributed by atoms with Crippen molar-refractivity contribution in [2.24, 2.45) is 0 Å². The lowest BCUT2D eigenvalue weighted by Gasteiger charge is -2.32. The summed E-state index contributed by atoms with van der Waals surface area (Å²) in [5.74, 6) is 0. The fraction of sp³-hybridized carbons (Fsp3) is 0.643. The second-order valence-electron chi connectivity index (χ2n) is 4.87. The first-order chi connectivity index (χ1) is 7.59. The van der Waals surface area contributed by atoms with Crippen molar-refractivity contribution in [1.29, 1.82) is 0 Å². The van der Waals surface area contributed by atoms with E-state index in [4.69, 9.17) is 0 Å². The molecule has 2 nitrogen and oxygen atoms in total. The highest BCUT2D eigenvalue weighted by molar-refractivity contribution is 5.11. The maximum Gasteiger partial charge on any atom is 0.0270 e. The van der Waals surface area contributed by atoms with Gasteiger partial charge in [-0.2, -0.15) is 0 Å². The summed E-state index contributed by atoms with van der Waals surface area (Å²) in [6.07, 6.45) is 7.13. The van der Waals surface area contributed by atoms with E-state index in [0.717, 1.165) is 6.42 Å². The third-order valence-corrected chi connectivity index (χ3v) is 3.45. The molecule has 2 heteroatoms. The Labute approximate surface area is 99.5 Å². The van der Waals surface area contributed by atoms with Crippen LogP contribution in [-0.2, 0) is 6.42 Å². The van der Waals surface area contributed by atoms with Gasteiger partial charge in [-0.3, -0.25) is 4.98 Å². The normalized spacial score (nSPS) is 13.8. The number of nitrogens with zero attached hydrogens (tertiary/aromatic N) is 1. The standard InChI is InChI=1S/C14H24N2/c1-5-14(4,6-2)16-12(3)11-13-7-9-15-10-8-13/h7-10,12,16H,5-6,11H2,1-4H3. The largest absolute Gasteiger partial charge is 0.309 e. The quantitative estimate of drug-likeness (QED) is 0.796. The van der Waals surface area contributed by atoms with E-state index in [-0.39, 0.29) is 5.54 Å². The van der Waals surface area contributed by atoms with Crippen LogP contribution >= 0.6 is 0 Å². The molecule has 0 radical (unpaired) electrons. The first kappa shape index (κ1) is 13.2. The van der Waals surface area contributed by atoms with Gasteiger partial charge in [-0.1, -0.05) is 13.8 Å². The maximum absolute atomic E-state index is 4.04. The summed E-state index contributed by atoms with van der Waals surface area (Å²) >= 11 is 0. The molecular formula is C14H24N2. The van der Waals surface area contributed by atoms with E-state index in [2.05, 4.69) is 50.1 Å². The van der Waals surface area contributed by atoms with Gasteiger partial charge in [0.25, 0.3) is 0 Å². The molecule has 0 amide bonds. The molecule has 1 heterocycles. The number of hydrogen-bond acceptors (Lipinski definition) is 2. The summed E-state index contributed by atoms with van der Waals surface area (Å²) < 4.78 is 0. The molecule has 1 unspecified atom stereocenters. The lowest BCUT2D eigenvalue weighted by molar-refractivity contribution is 0.296. The first-order valence-corrected chi connectivity index (χ1v) is 6.26. The van der Waals surface area contributed by atoms with Gasteiger partial charge >= 0.3 is 0 Å². The van der Waals surface area contributed by atoms with Gasteiger partial charge in [-0.25, -0.2) is 0 Å². The minimum Gasteiger partial charge on any atom is -0.309 e. The number of nitrogens with one attached hydrogen (secondary N) is 1. The Morgan fingerprint density at radius 2 is 1.81 bits per heavy atom. The van der Waals surface area contributed by atoms with Crippen molar-refractivity contribution in [3.8, 4) is 0 Å². The van der Waals surface area contributed by atoms with Gasteiger partial charge in [0.15, 0.2) is 0 Å². The fourth-order valence-electron chi connectivity index (χ4n) is 1.97. The molecule has 0 bridgehead atoms. The summed E-state index contributed by atoms with van der Waals surface area (Å²) in [4.78, 5) is 4.04. The highest BCUT2D eigenvalue weighted by Crippen LogP contribution is 2.15. The van der Waals surface area contributed by atoms with Crippen LogP contribution in [0.25, 0.3) is 0 Å². The average Bonchev–Trinajstić information content (AvgIpc) is 2.30. The molecule has 1 N–H and O–H groups in total. The Balaban J connectivity index is 2.50. The molecular weight excluding hydrogens is 196 g/mol. The predicted molar refractivity (Wildman–Crippen MR) is 69.5 cm³/mol. The van der Waals surface area contributed by atoms with E-state index in [9.17, 15) is 0 Å². The van der Waals surface area contributed by atoms with Crippen LogP contribution in [0.2, 0.25) is 0 Å². The van der Waals surface area contributed by atoms with Crippen molar-refractivity contribution in [1.82, 2.24) is 10.3 Å². The number of hydrogen-bond donors (Lipinski definition) is 1. The molecule has 0 aliphatic rings. The molecule has 0 aliphatic heterocycles. The Morgan fingerprint density at radius 1 is 1.25 bits per heavy atom. The van der Waals surface area contributed by atoms with E-state index >= 15 is 0 Å². The van der Waals surface area contributed by atoms with E-state index in [1.54, 1.807) is 0 Å². The fourth-order valence-corrected chi connectivity index (χ4v) is 1.97. The summed E-state index contributed by atoms with van der Waals surface area (Å²) in [6.45, 7) is 9.05. The van der Waals surface area contributed by atoms with Crippen LogP contribution in [-0.4, -0.2) is 16.6 Å². The lowest BCUT2D eigenvalue weighted by atomic mass is 9.93. The van der Waals surface area contributed by atoms with E-state index < -0.39 is 0 Å². The van der Waals surface area contributed by atoms with Crippen molar-refractivity contribution in [3.63, 3.8) is 0 Å². The second-order valence-corrected chi connectivity index (χ2v) is 4.87. The van der Waals surface area contributed by atoms with Gasteiger partial charge in [0.05, 0.1) is 0 Å². The van der Waals surface area contributed by atoms with Crippen molar-refractivity contribution >= 4 is 0 Å². The summed E-state index contributed by atoms with van der Waals surface area (Å²) in [6, 6.07) is 4.69. The Morgan fingerprint density at radius 3 is 2.31 bits per heavy atom. The molecule has 1 aromatic heterocycles. The second kappa shape index (κ2) is 6.00. The van der Waals surface area contributed by atoms with E-state index in [0.29, 0.717) is 6.04 Å². The van der Waals surface area contributed by atoms with Crippen LogP contribution in [0.15, 0.2) is 24.5 Å². The van der Waals surface area contributed by atoms with E-state index in [1.807, 2.05) is 12.4 Å². The monoisotopic (exact) mass is 220 g/mol. The van der Waals surface area contributed by atoms with Crippen LogP contribution < -0.4 is 5.32 Å². The molecule has 1 atom stereocenters. The zero-order chi connectivity index (χ0) is 12.0. The molecule has 90 valence electrons. The Hall–Kier alpha value is -0.890. The third kappa shape index (κ3) is 3.93. The number of aromatic nitrogens is 1. The Kier molecular flexibility index (Phi) is 4.94. The van der Waals surface area contributed by atoms with Gasteiger partial charge in [0, 0.05) is 24.0 Å². The lowest BCUT2D eigenvalue weighted by Crippen LogP contribution is -2.47. The smallest absolute Gasteiger partial charge is 0.0270 e. The highest BCUT2D eigenvalue weighted by atomic mass is 15.0. The number of rotatable bonds is 6. The molecule has 0 aromatic carbocycles. The van der Waals surface area contributed by atoms with E-state index in [1.165, 1.54) is 18.4 Å². The van der Waals surface area contributed by atoms with Crippen molar-refractivity contribution in [2.75, 3.05) is 0 Å². The van der Waals surface area contributed by atoms with Crippen molar-refractivity contribution < 1.29 is 0 Å². The average molecular weight is 220 g/mol. The van der Waals surface area contributed by atoms with Gasteiger partial charge in [0.1, 0.15) is 0 Å². The highest BCUT2D eigenvalue weighted by Gasteiger charge is 2.21. The van der Waals surface area contributed by atoms with Gasteiger partial charge in [-0.05, 0) is 50.8 Å². The van der Waals surface area contributed by atoms with Crippen LogP contribution in [0.4, 0.5) is 0 Å². The van der Waals surface area contributed by atoms with Crippen molar-refractivity contribution in [2.45, 2.75) is 58.5 Å². The summed E-state index contributed by atoms with van der Waals surface area (Å²) in [5.41, 5.74) is 1.62. The summed E-state index contributed by atoms with van der Waals surface area (Å²) in [5, 5.41) is 3.72. The molecule has 1 rings (SSSR count). The Bertz CT molecular complexity index is 291. The topological polar surface area (TPSA) is 24.9 Å². The molecule has 0 spiro atoms. The summed E-state index contributed by atoms with van der Waals surface area (Å²) in [7, 11) is 0. The minimum atomic E-state index is 0.270. The SMILES string of the molecule is CCC(C)(CC)NC(C)Cc1ccncc1. The van der Waals surface area contributed by atoms with Crippen LogP contribution in [0.3, 0.4) is 0 Å². The van der Waals surface area contributed by atoms with Crippen molar-refractivity contribution in [3.05, 3.63) is 30.1 Å². The molecule has 1 aromatic rings. The zero-order valence-electron chi connectivity index (χ0n) is 11.0. The van der Waals surface area contributed by atoms with Gasteiger partial charge in [-0.15, -0.1) is 0 Å².